The van der Waals surface area contributed by atoms with Gasteiger partial charge in [0.15, 0.2) is 0 Å². The fraction of sp³-hybridized carbons (Fsp3) is 0.875. The molecule has 0 aromatic rings. The molecule has 0 spiro atoms. The van der Waals surface area contributed by atoms with Crippen LogP contribution in [0.3, 0.4) is 0 Å². The number of unbranched alkanes of at least 4 members (excludes halogenated alkanes) is 1. The molecule has 2 fully saturated rings. The zero-order valence-corrected chi connectivity index (χ0v) is 20.3. The van der Waals surface area contributed by atoms with Crippen molar-refractivity contribution in [3.8, 4) is 0 Å². The molecule has 0 aromatic carbocycles. The van der Waals surface area contributed by atoms with Gasteiger partial charge in [-0.25, -0.2) is 4.79 Å². The van der Waals surface area contributed by atoms with Crippen molar-refractivity contribution < 1.29 is 29.3 Å². The van der Waals surface area contributed by atoms with Crippen LogP contribution in [-0.2, 0) is 19.1 Å². The number of cyclic esters (lactones) is 1. The number of hydrogen-bond acceptors (Lipinski definition) is 6. The summed E-state index contributed by atoms with van der Waals surface area (Å²) in [5.41, 5.74) is 0. The van der Waals surface area contributed by atoms with Crippen molar-refractivity contribution in [3.05, 3.63) is 0 Å². The van der Waals surface area contributed by atoms with Crippen LogP contribution in [0.25, 0.3) is 0 Å². The third kappa shape index (κ3) is 6.91. The highest BCUT2D eigenvalue weighted by Gasteiger charge is 2.42. The first-order valence-electron chi connectivity index (χ1n) is 12.2. The monoisotopic (exact) mass is 454 g/mol. The number of aliphatic hydroxyl groups excluding tert-OH is 2. The molecule has 0 aliphatic carbocycles. The van der Waals surface area contributed by atoms with Gasteiger partial charge in [0, 0.05) is 13.0 Å². The average molecular weight is 455 g/mol. The molecule has 0 aromatic heterocycles. The minimum atomic E-state index is -0.991. The van der Waals surface area contributed by atoms with Gasteiger partial charge in [0.05, 0.1) is 18.1 Å². The average Bonchev–Trinajstić information content (AvgIpc) is 3.22. The van der Waals surface area contributed by atoms with Crippen LogP contribution >= 0.6 is 0 Å². The Balaban J connectivity index is 2.23. The fourth-order valence-corrected chi connectivity index (χ4v) is 4.59. The number of amides is 2. The van der Waals surface area contributed by atoms with Crippen molar-refractivity contribution in [3.63, 3.8) is 0 Å². The van der Waals surface area contributed by atoms with Crippen molar-refractivity contribution in [2.45, 2.75) is 110 Å². The van der Waals surface area contributed by atoms with Crippen LogP contribution in [0, 0.1) is 17.8 Å². The lowest BCUT2D eigenvalue weighted by Crippen LogP contribution is -2.56. The molecule has 184 valence electrons. The topological polar surface area (TPSA) is 116 Å². The van der Waals surface area contributed by atoms with Crippen LogP contribution in [0.2, 0.25) is 0 Å². The third-order valence-electron chi connectivity index (χ3n) is 6.94. The first-order valence-corrected chi connectivity index (χ1v) is 12.2. The van der Waals surface area contributed by atoms with E-state index in [-0.39, 0.29) is 36.2 Å². The van der Waals surface area contributed by atoms with Crippen molar-refractivity contribution >= 4 is 17.8 Å². The Kier molecular flexibility index (Phi) is 9.95. The molecule has 0 radical (unpaired) electrons. The van der Waals surface area contributed by atoms with Gasteiger partial charge in [0.2, 0.25) is 11.8 Å². The molecule has 2 heterocycles. The Bertz CT molecular complexity index is 652. The number of esters is 1. The largest absolute Gasteiger partial charge is 0.460 e. The van der Waals surface area contributed by atoms with E-state index >= 15 is 0 Å². The van der Waals surface area contributed by atoms with E-state index in [4.69, 9.17) is 4.74 Å². The van der Waals surface area contributed by atoms with Gasteiger partial charge in [-0.3, -0.25) is 9.59 Å². The van der Waals surface area contributed by atoms with Crippen LogP contribution in [-0.4, -0.2) is 69.8 Å². The molecule has 0 saturated carbocycles. The molecule has 2 aliphatic rings. The van der Waals surface area contributed by atoms with Crippen molar-refractivity contribution in [1.29, 1.82) is 0 Å². The Labute approximate surface area is 192 Å². The second-order valence-corrected chi connectivity index (χ2v) is 10.1. The maximum absolute atomic E-state index is 13.2. The summed E-state index contributed by atoms with van der Waals surface area (Å²) < 4.78 is 5.90. The molecule has 2 amide bonds. The molecular formula is C24H42N2O6. The number of nitrogens with zero attached hydrogens (tertiary/aromatic N) is 1. The van der Waals surface area contributed by atoms with Gasteiger partial charge in [0.25, 0.3) is 0 Å². The predicted octanol–water partition coefficient (Wildman–Crippen LogP) is 2.01. The standard InChI is InChI=1S/C24H42N2O6/c1-14(2)21-23(30)26-12-8-11-18(26)24(31)32-20(13-19(28)17(5)22(29)25-21)15(3)9-6-7-10-16(4)27/h14-21,27-28H,6-13H2,1-5H3,(H,25,29)/t15-,16-,17+,18+,19+,20-,21-/m1/s1. The normalized spacial score (nSPS) is 31.9. The summed E-state index contributed by atoms with van der Waals surface area (Å²) in [5.74, 6) is -1.96. The van der Waals surface area contributed by atoms with Gasteiger partial charge in [0.1, 0.15) is 18.2 Å². The van der Waals surface area contributed by atoms with Gasteiger partial charge in [-0.15, -0.1) is 0 Å². The van der Waals surface area contributed by atoms with E-state index in [1.165, 1.54) is 0 Å². The summed E-state index contributed by atoms with van der Waals surface area (Å²) in [6, 6.07) is -1.40. The minimum Gasteiger partial charge on any atom is -0.460 e. The molecular weight excluding hydrogens is 412 g/mol. The molecule has 0 bridgehead atoms. The molecule has 2 rings (SSSR count). The number of fused-ring (bicyclic) bond motifs is 1. The number of carbonyl (C=O) groups is 3. The highest BCUT2D eigenvalue weighted by Crippen LogP contribution is 2.27. The van der Waals surface area contributed by atoms with Crippen molar-refractivity contribution in [2.24, 2.45) is 17.8 Å². The molecule has 32 heavy (non-hydrogen) atoms. The van der Waals surface area contributed by atoms with Gasteiger partial charge in [-0.05, 0) is 44.4 Å². The Morgan fingerprint density at radius 3 is 2.41 bits per heavy atom. The number of hydrogen-bond donors (Lipinski definition) is 3. The molecule has 8 nitrogen and oxygen atoms in total. The van der Waals surface area contributed by atoms with E-state index in [0.29, 0.717) is 25.8 Å². The molecule has 2 saturated heterocycles. The number of aliphatic hydroxyl groups is 2. The van der Waals surface area contributed by atoms with E-state index in [1.807, 2.05) is 20.8 Å². The van der Waals surface area contributed by atoms with Crippen LogP contribution in [0.1, 0.15) is 79.6 Å². The molecule has 0 unspecified atom stereocenters. The lowest BCUT2D eigenvalue weighted by atomic mass is 9.89. The van der Waals surface area contributed by atoms with Gasteiger partial charge in [-0.1, -0.05) is 40.5 Å². The fourth-order valence-electron chi connectivity index (χ4n) is 4.59. The Morgan fingerprint density at radius 2 is 1.78 bits per heavy atom. The quantitative estimate of drug-likeness (QED) is 0.400. The van der Waals surface area contributed by atoms with Gasteiger partial charge < -0.3 is 25.2 Å². The van der Waals surface area contributed by atoms with Crippen LogP contribution in [0.15, 0.2) is 0 Å². The number of nitrogens with one attached hydrogen (secondary N) is 1. The maximum Gasteiger partial charge on any atom is 0.329 e. The van der Waals surface area contributed by atoms with Crippen molar-refractivity contribution in [1.82, 2.24) is 10.2 Å². The molecule has 3 N–H and O–H groups in total. The molecule has 7 atom stereocenters. The highest BCUT2D eigenvalue weighted by molar-refractivity contribution is 5.92. The van der Waals surface area contributed by atoms with Gasteiger partial charge >= 0.3 is 5.97 Å². The number of ether oxygens (including phenoxy) is 1. The van der Waals surface area contributed by atoms with Crippen LogP contribution < -0.4 is 5.32 Å². The Hall–Kier alpha value is -1.67. The third-order valence-corrected chi connectivity index (χ3v) is 6.94. The van der Waals surface area contributed by atoms with Gasteiger partial charge in [-0.2, -0.15) is 0 Å². The zero-order valence-electron chi connectivity index (χ0n) is 20.3. The maximum atomic E-state index is 13.2. The summed E-state index contributed by atoms with van der Waals surface area (Å²) in [7, 11) is 0. The van der Waals surface area contributed by atoms with E-state index in [1.54, 1.807) is 18.7 Å². The zero-order chi connectivity index (χ0) is 24.0. The second-order valence-electron chi connectivity index (χ2n) is 10.1. The van der Waals surface area contributed by atoms with Crippen LogP contribution in [0.4, 0.5) is 0 Å². The first kappa shape index (κ1) is 26.6. The SMILES string of the molecule is CC(C)[C@H]1NC(=O)[C@@H](C)[C@@H](O)C[C@H]([C@H](C)CCCC[C@@H](C)O)OC(=O)[C@@H]2CCCN2C1=O. The minimum absolute atomic E-state index is 0.0187. The Morgan fingerprint density at radius 1 is 1.12 bits per heavy atom. The summed E-state index contributed by atoms with van der Waals surface area (Å²) in [6.07, 6.45) is 2.78. The van der Waals surface area contributed by atoms with Crippen LogP contribution in [0.5, 0.6) is 0 Å². The first-order chi connectivity index (χ1) is 15.0. The van der Waals surface area contributed by atoms with E-state index in [2.05, 4.69) is 5.32 Å². The highest BCUT2D eigenvalue weighted by atomic mass is 16.5. The summed E-state index contributed by atoms with van der Waals surface area (Å²) in [6.45, 7) is 9.56. The van der Waals surface area contributed by atoms with E-state index in [9.17, 15) is 24.6 Å². The number of rotatable bonds is 7. The smallest absolute Gasteiger partial charge is 0.329 e. The van der Waals surface area contributed by atoms with E-state index < -0.39 is 36.2 Å². The lowest BCUT2D eigenvalue weighted by Gasteiger charge is -2.35. The summed E-state index contributed by atoms with van der Waals surface area (Å²) >= 11 is 0. The number of carbonyl (C=O) groups excluding carboxylic acids is 3. The summed E-state index contributed by atoms with van der Waals surface area (Å²) in [5, 5.41) is 23.1. The molecule has 8 heteroatoms. The second kappa shape index (κ2) is 12.0. The summed E-state index contributed by atoms with van der Waals surface area (Å²) in [4.78, 5) is 40.7. The molecule has 2 aliphatic heterocycles. The predicted molar refractivity (Wildman–Crippen MR) is 120 cm³/mol. The lowest BCUT2D eigenvalue weighted by molar-refractivity contribution is -0.164. The van der Waals surface area contributed by atoms with Crippen molar-refractivity contribution in [2.75, 3.05) is 6.54 Å². The van der Waals surface area contributed by atoms with E-state index in [0.717, 1.165) is 19.3 Å².